The van der Waals surface area contributed by atoms with Gasteiger partial charge in [-0.1, -0.05) is 32.8 Å². The molecule has 0 aromatic carbocycles. The Bertz CT molecular complexity index is 329. The fourth-order valence-corrected chi connectivity index (χ4v) is 3.56. The first-order chi connectivity index (χ1) is 9.09. The minimum Gasteiger partial charge on any atom is -0.329 e. The maximum atomic E-state index is 6.19. The highest BCUT2D eigenvalue weighted by Gasteiger charge is 2.34. The summed E-state index contributed by atoms with van der Waals surface area (Å²) in [6.45, 7) is 10.9. The number of hydrogen-bond acceptors (Lipinski definition) is 3. The van der Waals surface area contributed by atoms with Gasteiger partial charge >= 0.3 is 0 Å². The number of nitrogens with two attached hydrogens (primary N) is 1. The standard InChI is InChI=1S/C16H30N2S/c1-5-7-10-16(6-2,13-17)18(14(3)4)12-15-9-8-11-19-15/h8-9,11,14H,5-7,10,12-13,17H2,1-4H3. The molecular formula is C16H30N2S. The molecule has 0 bridgehead atoms. The Morgan fingerprint density at radius 1 is 1.37 bits per heavy atom. The average Bonchev–Trinajstić information content (AvgIpc) is 2.91. The number of rotatable bonds is 9. The largest absolute Gasteiger partial charge is 0.329 e. The van der Waals surface area contributed by atoms with E-state index in [0.717, 1.165) is 19.5 Å². The molecule has 1 aromatic rings. The average molecular weight is 282 g/mol. The highest BCUT2D eigenvalue weighted by molar-refractivity contribution is 7.09. The zero-order valence-electron chi connectivity index (χ0n) is 13.0. The molecule has 1 aromatic heterocycles. The summed E-state index contributed by atoms with van der Waals surface area (Å²) in [5, 5.41) is 2.16. The molecule has 0 aliphatic rings. The van der Waals surface area contributed by atoms with Gasteiger partial charge in [0.15, 0.2) is 0 Å². The maximum Gasteiger partial charge on any atom is 0.0336 e. The van der Waals surface area contributed by atoms with Gasteiger partial charge in [-0.3, -0.25) is 4.90 Å². The van der Waals surface area contributed by atoms with Crippen LogP contribution in [0.1, 0.15) is 58.3 Å². The summed E-state index contributed by atoms with van der Waals surface area (Å²) in [4.78, 5) is 4.06. The third-order valence-electron chi connectivity index (χ3n) is 4.17. The summed E-state index contributed by atoms with van der Waals surface area (Å²) < 4.78 is 0. The van der Waals surface area contributed by atoms with Gasteiger partial charge in [-0.15, -0.1) is 11.3 Å². The van der Waals surface area contributed by atoms with Gasteiger partial charge < -0.3 is 5.73 Å². The molecule has 2 nitrogen and oxygen atoms in total. The van der Waals surface area contributed by atoms with Crippen molar-refractivity contribution in [1.82, 2.24) is 4.90 Å². The molecule has 1 rings (SSSR count). The number of hydrogen-bond donors (Lipinski definition) is 1. The Morgan fingerprint density at radius 2 is 2.11 bits per heavy atom. The minimum absolute atomic E-state index is 0.161. The summed E-state index contributed by atoms with van der Waals surface area (Å²) in [6, 6.07) is 4.90. The summed E-state index contributed by atoms with van der Waals surface area (Å²) in [7, 11) is 0. The van der Waals surface area contributed by atoms with Gasteiger partial charge in [0.2, 0.25) is 0 Å². The smallest absolute Gasteiger partial charge is 0.0336 e. The SMILES string of the molecule is CCCCC(CC)(CN)N(Cc1cccs1)C(C)C. The second-order valence-electron chi connectivity index (χ2n) is 5.69. The van der Waals surface area contributed by atoms with Crippen LogP contribution in [0, 0.1) is 0 Å². The Labute approximate surface area is 123 Å². The molecule has 0 saturated carbocycles. The van der Waals surface area contributed by atoms with Crippen molar-refractivity contribution in [2.75, 3.05) is 6.54 Å². The molecule has 1 unspecified atom stereocenters. The second-order valence-corrected chi connectivity index (χ2v) is 6.72. The van der Waals surface area contributed by atoms with Crippen LogP contribution in [0.5, 0.6) is 0 Å². The Balaban J connectivity index is 2.91. The predicted molar refractivity (Wildman–Crippen MR) is 86.6 cm³/mol. The summed E-state index contributed by atoms with van der Waals surface area (Å²) in [5.41, 5.74) is 6.35. The van der Waals surface area contributed by atoms with Crippen LogP contribution in [0.15, 0.2) is 17.5 Å². The van der Waals surface area contributed by atoms with Crippen molar-refractivity contribution in [3.05, 3.63) is 22.4 Å². The molecule has 0 amide bonds. The highest BCUT2D eigenvalue weighted by atomic mass is 32.1. The third-order valence-corrected chi connectivity index (χ3v) is 5.03. The Hall–Kier alpha value is -0.380. The molecule has 0 spiro atoms. The van der Waals surface area contributed by atoms with E-state index in [-0.39, 0.29) is 5.54 Å². The van der Waals surface area contributed by atoms with E-state index in [1.165, 1.54) is 24.1 Å². The van der Waals surface area contributed by atoms with Crippen molar-refractivity contribution in [3.8, 4) is 0 Å². The molecular weight excluding hydrogens is 252 g/mol. The second kappa shape index (κ2) is 8.03. The van der Waals surface area contributed by atoms with Crippen molar-refractivity contribution in [2.24, 2.45) is 5.73 Å². The van der Waals surface area contributed by atoms with Crippen molar-refractivity contribution in [1.29, 1.82) is 0 Å². The van der Waals surface area contributed by atoms with Gasteiger partial charge in [0.05, 0.1) is 0 Å². The molecule has 0 radical (unpaired) electrons. The molecule has 1 heterocycles. The first-order valence-electron chi connectivity index (χ1n) is 7.58. The molecule has 3 heteroatoms. The van der Waals surface area contributed by atoms with Gasteiger partial charge in [-0.05, 0) is 38.1 Å². The van der Waals surface area contributed by atoms with E-state index in [1.54, 1.807) is 0 Å². The quantitative estimate of drug-likeness (QED) is 0.733. The van der Waals surface area contributed by atoms with Crippen molar-refractivity contribution in [3.63, 3.8) is 0 Å². The monoisotopic (exact) mass is 282 g/mol. The molecule has 0 aliphatic carbocycles. The van der Waals surface area contributed by atoms with Gasteiger partial charge in [0, 0.05) is 29.5 Å². The topological polar surface area (TPSA) is 29.3 Å². The van der Waals surface area contributed by atoms with E-state index < -0.39 is 0 Å². The van der Waals surface area contributed by atoms with Gasteiger partial charge in [-0.2, -0.15) is 0 Å². The zero-order valence-corrected chi connectivity index (χ0v) is 13.8. The lowest BCUT2D eigenvalue weighted by Gasteiger charge is -2.45. The minimum atomic E-state index is 0.161. The van der Waals surface area contributed by atoms with E-state index in [4.69, 9.17) is 5.73 Å². The predicted octanol–water partition coefficient (Wildman–Crippen LogP) is 4.26. The molecule has 0 aliphatic heterocycles. The fraction of sp³-hybridized carbons (Fsp3) is 0.750. The normalized spacial score (nSPS) is 15.1. The molecule has 1 atom stereocenters. The van der Waals surface area contributed by atoms with Crippen LogP contribution < -0.4 is 5.73 Å². The lowest BCUT2D eigenvalue weighted by atomic mass is 9.86. The maximum absolute atomic E-state index is 6.19. The number of nitrogens with zero attached hydrogens (tertiary/aromatic N) is 1. The summed E-state index contributed by atoms with van der Waals surface area (Å²) in [5.74, 6) is 0. The molecule has 0 fully saturated rings. The van der Waals surface area contributed by atoms with E-state index in [2.05, 4.69) is 50.1 Å². The number of thiophene rings is 1. The van der Waals surface area contributed by atoms with Crippen LogP contribution in [-0.2, 0) is 6.54 Å². The Kier molecular flexibility index (Phi) is 7.05. The van der Waals surface area contributed by atoms with Crippen LogP contribution >= 0.6 is 11.3 Å². The van der Waals surface area contributed by atoms with Crippen LogP contribution in [-0.4, -0.2) is 23.0 Å². The molecule has 0 saturated heterocycles. The summed E-state index contributed by atoms with van der Waals surface area (Å²) in [6.07, 6.45) is 4.85. The van der Waals surface area contributed by atoms with Crippen molar-refractivity contribution < 1.29 is 0 Å². The first kappa shape index (κ1) is 16.7. The van der Waals surface area contributed by atoms with E-state index >= 15 is 0 Å². The van der Waals surface area contributed by atoms with Gasteiger partial charge in [0.25, 0.3) is 0 Å². The summed E-state index contributed by atoms with van der Waals surface area (Å²) >= 11 is 1.85. The lowest BCUT2D eigenvalue weighted by Crippen LogP contribution is -2.55. The van der Waals surface area contributed by atoms with Gasteiger partial charge in [0.1, 0.15) is 0 Å². The van der Waals surface area contributed by atoms with E-state index in [9.17, 15) is 0 Å². The van der Waals surface area contributed by atoms with Crippen molar-refractivity contribution >= 4 is 11.3 Å². The van der Waals surface area contributed by atoms with Crippen molar-refractivity contribution in [2.45, 2.75) is 71.5 Å². The van der Waals surface area contributed by atoms with E-state index in [0.29, 0.717) is 6.04 Å². The lowest BCUT2D eigenvalue weighted by molar-refractivity contribution is 0.0410. The van der Waals surface area contributed by atoms with Crippen LogP contribution in [0.4, 0.5) is 0 Å². The van der Waals surface area contributed by atoms with Crippen LogP contribution in [0.2, 0.25) is 0 Å². The number of unbranched alkanes of at least 4 members (excludes halogenated alkanes) is 1. The molecule has 110 valence electrons. The third kappa shape index (κ3) is 4.30. The van der Waals surface area contributed by atoms with Crippen LogP contribution in [0.3, 0.4) is 0 Å². The first-order valence-corrected chi connectivity index (χ1v) is 8.46. The van der Waals surface area contributed by atoms with Crippen LogP contribution in [0.25, 0.3) is 0 Å². The molecule has 19 heavy (non-hydrogen) atoms. The zero-order chi connectivity index (χ0) is 14.3. The van der Waals surface area contributed by atoms with Gasteiger partial charge in [-0.25, -0.2) is 0 Å². The fourth-order valence-electron chi connectivity index (χ4n) is 2.86. The van der Waals surface area contributed by atoms with E-state index in [1.807, 2.05) is 11.3 Å². The molecule has 2 N–H and O–H groups in total. The Morgan fingerprint density at radius 3 is 2.53 bits per heavy atom. The highest BCUT2D eigenvalue weighted by Crippen LogP contribution is 2.30.